The lowest BCUT2D eigenvalue weighted by Crippen LogP contribution is -2.41. The number of carbonyl (C=O) groups excluding carboxylic acids is 1. The number of halogens is 1. The molecule has 4 nitrogen and oxygen atoms in total. The minimum Gasteiger partial charge on any atom is -0.480 e. The third-order valence-corrected chi connectivity index (χ3v) is 4.04. The molecule has 1 fully saturated rings. The third kappa shape index (κ3) is 2.73. The first-order valence-corrected chi connectivity index (χ1v) is 6.55. The zero-order valence-electron chi connectivity index (χ0n) is 10.8. The van der Waals surface area contributed by atoms with E-state index in [-0.39, 0.29) is 17.7 Å². The van der Waals surface area contributed by atoms with Gasteiger partial charge in [0.2, 0.25) is 5.91 Å². The maximum atomic E-state index is 12.2. The van der Waals surface area contributed by atoms with Crippen LogP contribution in [-0.4, -0.2) is 35.0 Å². The van der Waals surface area contributed by atoms with E-state index in [0.717, 1.165) is 12.0 Å². The molecule has 1 aromatic rings. The number of aliphatic carboxylic acids is 1. The van der Waals surface area contributed by atoms with Crippen LogP contribution in [0.2, 0.25) is 5.02 Å². The number of likely N-dealkylation sites (N-methyl/N-ethyl adjacent to an activating group) is 1. The topological polar surface area (TPSA) is 57.6 Å². The highest BCUT2D eigenvalue weighted by molar-refractivity contribution is 6.31. The van der Waals surface area contributed by atoms with Gasteiger partial charge in [-0.3, -0.25) is 4.79 Å². The van der Waals surface area contributed by atoms with Crippen molar-refractivity contribution in [1.29, 1.82) is 0 Å². The van der Waals surface area contributed by atoms with Crippen LogP contribution < -0.4 is 0 Å². The van der Waals surface area contributed by atoms with E-state index in [1.54, 1.807) is 6.07 Å². The van der Waals surface area contributed by atoms with Gasteiger partial charge in [-0.25, -0.2) is 4.79 Å². The number of hydrogen-bond donors (Lipinski definition) is 1. The summed E-state index contributed by atoms with van der Waals surface area (Å²) < 4.78 is 0. The summed E-state index contributed by atoms with van der Waals surface area (Å²) in [5, 5.41) is 9.58. The van der Waals surface area contributed by atoms with Crippen LogP contribution in [0.5, 0.6) is 0 Å². The Labute approximate surface area is 117 Å². The zero-order chi connectivity index (χ0) is 14.2. The maximum Gasteiger partial charge on any atom is 0.326 e. The van der Waals surface area contributed by atoms with E-state index in [1.807, 2.05) is 18.2 Å². The van der Waals surface area contributed by atoms with Gasteiger partial charge in [-0.1, -0.05) is 29.8 Å². The van der Waals surface area contributed by atoms with Crippen molar-refractivity contribution in [2.75, 3.05) is 7.05 Å². The van der Waals surface area contributed by atoms with Gasteiger partial charge >= 0.3 is 5.97 Å². The van der Waals surface area contributed by atoms with Crippen molar-refractivity contribution in [2.45, 2.75) is 25.3 Å². The van der Waals surface area contributed by atoms with Crippen molar-refractivity contribution in [3.63, 3.8) is 0 Å². The summed E-state index contributed by atoms with van der Waals surface area (Å²) in [6.45, 7) is 1.51. The van der Waals surface area contributed by atoms with E-state index in [1.165, 1.54) is 18.9 Å². The highest BCUT2D eigenvalue weighted by atomic mass is 35.5. The molecule has 1 amide bonds. The van der Waals surface area contributed by atoms with E-state index in [4.69, 9.17) is 16.7 Å². The molecule has 5 heteroatoms. The molecule has 102 valence electrons. The molecule has 0 radical (unpaired) electrons. The lowest BCUT2D eigenvalue weighted by atomic mass is 10.1. The molecule has 1 N–H and O–H groups in total. The molecule has 1 aromatic carbocycles. The van der Waals surface area contributed by atoms with E-state index in [9.17, 15) is 9.59 Å². The second kappa shape index (κ2) is 5.21. The lowest BCUT2D eigenvalue weighted by Gasteiger charge is -2.21. The summed E-state index contributed by atoms with van der Waals surface area (Å²) in [6.07, 6.45) is 0.735. The Morgan fingerprint density at radius 1 is 1.42 bits per heavy atom. The van der Waals surface area contributed by atoms with Gasteiger partial charge in [0, 0.05) is 18.0 Å². The van der Waals surface area contributed by atoms with Crippen molar-refractivity contribution in [1.82, 2.24) is 4.90 Å². The van der Waals surface area contributed by atoms with Crippen molar-refractivity contribution in [3.8, 4) is 0 Å². The molecular weight excluding hydrogens is 266 g/mol. The lowest BCUT2D eigenvalue weighted by molar-refractivity contribution is -0.148. The van der Waals surface area contributed by atoms with Gasteiger partial charge < -0.3 is 10.0 Å². The molecule has 2 rings (SSSR count). The number of amides is 1. The smallest absolute Gasteiger partial charge is 0.326 e. The van der Waals surface area contributed by atoms with Crippen LogP contribution in [0.3, 0.4) is 0 Å². The second-order valence-electron chi connectivity index (χ2n) is 4.93. The molecule has 0 unspecified atom stereocenters. The summed E-state index contributed by atoms with van der Waals surface area (Å²) in [6, 6.07) is 6.66. The number of carboxylic acids is 1. The molecule has 0 saturated heterocycles. The standard InChI is InChI=1S/C14H16ClNO3/c1-8(14(18)19)16(2)13(17)11-7-10(11)9-5-3-4-6-12(9)15/h3-6,8,10-11H,7H2,1-2H3,(H,18,19)/t8-,10-,11-/m1/s1. The Kier molecular flexibility index (Phi) is 3.80. The highest BCUT2D eigenvalue weighted by Crippen LogP contribution is 2.50. The van der Waals surface area contributed by atoms with Crippen LogP contribution in [0.1, 0.15) is 24.8 Å². The fourth-order valence-corrected chi connectivity index (χ4v) is 2.48. The van der Waals surface area contributed by atoms with Gasteiger partial charge in [0.05, 0.1) is 0 Å². The van der Waals surface area contributed by atoms with Crippen LogP contribution in [0.4, 0.5) is 0 Å². The van der Waals surface area contributed by atoms with Crippen molar-refractivity contribution < 1.29 is 14.7 Å². The highest BCUT2D eigenvalue weighted by Gasteiger charge is 2.46. The fourth-order valence-electron chi connectivity index (χ4n) is 2.21. The average molecular weight is 282 g/mol. The van der Waals surface area contributed by atoms with Crippen LogP contribution in [0, 0.1) is 5.92 Å². The zero-order valence-corrected chi connectivity index (χ0v) is 11.6. The number of carboxylic acid groups (broad SMARTS) is 1. The molecule has 0 aliphatic heterocycles. The monoisotopic (exact) mass is 281 g/mol. The fraction of sp³-hybridized carbons (Fsp3) is 0.429. The number of benzene rings is 1. The van der Waals surface area contributed by atoms with Crippen LogP contribution in [0.25, 0.3) is 0 Å². The van der Waals surface area contributed by atoms with Crippen molar-refractivity contribution in [3.05, 3.63) is 34.9 Å². The van der Waals surface area contributed by atoms with Crippen LogP contribution >= 0.6 is 11.6 Å². The Hall–Kier alpha value is -1.55. The Balaban J connectivity index is 2.05. The summed E-state index contributed by atoms with van der Waals surface area (Å²) in [7, 11) is 1.53. The Morgan fingerprint density at radius 3 is 2.63 bits per heavy atom. The molecule has 1 saturated carbocycles. The minimum absolute atomic E-state index is 0.115. The predicted octanol–water partition coefficient (Wildman–Crippen LogP) is 2.38. The van der Waals surface area contributed by atoms with Gasteiger partial charge in [0.1, 0.15) is 6.04 Å². The van der Waals surface area contributed by atoms with Gasteiger partial charge in [-0.05, 0) is 30.9 Å². The molecular formula is C14H16ClNO3. The van der Waals surface area contributed by atoms with E-state index in [0.29, 0.717) is 5.02 Å². The largest absolute Gasteiger partial charge is 0.480 e. The number of carbonyl (C=O) groups is 2. The molecule has 0 bridgehead atoms. The Morgan fingerprint density at radius 2 is 2.05 bits per heavy atom. The number of rotatable bonds is 4. The first-order valence-electron chi connectivity index (χ1n) is 6.17. The van der Waals surface area contributed by atoms with E-state index >= 15 is 0 Å². The molecule has 0 heterocycles. The van der Waals surface area contributed by atoms with Gasteiger partial charge in [-0.15, -0.1) is 0 Å². The maximum absolute atomic E-state index is 12.2. The second-order valence-corrected chi connectivity index (χ2v) is 5.34. The Bertz CT molecular complexity index is 517. The number of hydrogen-bond acceptors (Lipinski definition) is 2. The van der Waals surface area contributed by atoms with Crippen molar-refractivity contribution in [2.24, 2.45) is 5.92 Å². The molecule has 1 aliphatic carbocycles. The van der Waals surface area contributed by atoms with Gasteiger partial charge in [0.15, 0.2) is 0 Å². The SMILES string of the molecule is C[C@H](C(=O)O)N(C)C(=O)[C@@H]1C[C@@H]1c1ccccc1Cl. The summed E-state index contributed by atoms with van der Waals surface area (Å²) >= 11 is 6.10. The molecule has 3 atom stereocenters. The summed E-state index contributed by atoms with van der Waals surface area (Å²) in [5.74, 6) is -1.15. The number of nitrogens with zero attached hydrogens (tertiary/aromatic N) is 1. The van der Waals surface area contributed by atoms with E-state index < -0.39 is 12.0 Å². The predicted molar refractivity (Wildman–Crippen MR) is 72.2 cm³/mol. The normalized spacial score (nSPS) is 22.7. The van der Waals surface area contributed by atoms with Crippen molar-refractivity contribution >= 4 is 23.5 Å². The molecule has 0 spiro atoms. The van der Waals surface area contributed by atoms with Crippen LogP contribution in [0.15, 0.2) is 24.3 Å². The molecule has 19 heavy (non-hydrogen) atoms. The summed E-state index contributed by atoms with van der Waals surface area (Å²) in [4.78, 5) is 24.3. The molecule has 0 aromatic heterocycles. The third-order valence-electron chi connectivity index (χ3n) is 3.70. The first kappa shape index (κ1) is 13.9. The molecule has 1 aliphatic rings. The summed E-state index contributed by atoms with van der Waals surface area (Å²) in [5.41, 5.74) is 0.971. The average Bonchev–Trinajstić information content (AvgIpc) is 3.16. The van der Waals surface area contributed by atoms with Gasteiger partial charge in [0.25, 0.3) is 0 Å². The van der Waals surface area contributed by atoms with Crippen LogP contribution in [-0.2, 0) is 9.59 Å². The minimum atomic E-state index is -0.995. The first-order chi connectivity index (χ1) is 8.93. The van der Waals surface area contributed by atoms with Gasteiger partial charge in [-0.2, -0.15) is 0 Å². The quantitative estimate of drug-likeness (QED) is 0.922. The van der Waals surface area contributed by atoms with E-state index in [2.05, 4.69) is 0 Å².